The van der Waals surface area contributed by atoms with Gasteiger partial charge in [0.25, 0.3) is 0 Å². The Labute approximate surface area is 166 Å². The van der Waals surface area contributed by atoms with Gasteiger partial charge < -0.3 is 4.74 Å². The van der Waals surface area contributed by atoms with E-state index in [0.29, 0.717) is 0 Å². The average Bonchev–Trinajstić information content (AvgIpc) is 2.95. The van der Waals surface area contributed by atoms with E-state index in [1.807, 2.05) is 12.1 Å². The zero-order chi connectivity index (χ0) is 19.6. The van der Waals surface area contributed by atoms with Crippen LogP contribution in [0.4, 0.5) is 4.79 Å². The summed E-state index contributed by atoms with van der Waals surface area (Å²) >= 11 is 0. The quantitative estimate of drug-likeness (QED) is 0.787. The number of piperidine rings is 1. The molecule has 144 valence electrons. The number of rotatable bonds is 4. The fourth-order valence-corrected chi connectivity index (χ4v) is 4.06. The van der Waals surface area contributed by atoms with E-state index in [1.54, 1.807) is 11.9 Å². The number of hydrogen-bond acceptors (Lipinski definition) is 3. The van der Waals surface area contributed by atoms with E-state index in [1.165, 1.54) is 16.7 Å². The molecule has 2 heterocycles. The minimum atomic E-state index is -0.506. The van der Waals surface area contributed by atoms with E-state index in [9.17, 15) is 4.79 Å². The van der Waals surface area contributed by atoms with Crippen LogP contribution >= 0.6 is 0 Å². The van der Waals surface area contributed by atoms with Gasteiger partial charge in [-0.2, -0.15) is 0 Å². The summed E-state index contributed by atoms with van der Waals surface area (Å²) in [5.74, 6) is 0. The number of ether oxygens (including phenoxy) is 1. The van der Waals surface area contributed by atoms with Crippen LogP contribution in [0.2, 0.25) is 0 Å². The maximum atomic E-state index is 11.9. The number of amides is 1. The molecule has 28 heavy (non-hydrogen) atoms. The third-order valence-corrected chi connectivity index (χ3v) is 5.87. The summed E-state index contributed by atoms with van der Waals surface area (Å²) in [6, 6.07) is 21.0. The van der Waals surface area contributed by atoms with Gasteiger partial charge in [0.1, 0.15) is 0 Å². The Balaban J connectivity index is 1.48. The van der Waals surface area contributed by atoms with E-state index >= 15 is 0 Å². The SMILES string of the molecule is C=C1N(C)C(=O)OC12CCN(CC=C(c1ccccc1)c1ccccc1)CC2. The maximum Gasteiger partial charge on any atom is 0.414 e. The van der Waals surface area contributed by atoms with Crippen molar-refractivity contribution in [3.8, 4) is 0 Å². The van der Waals surface area contributed by atoms with Crippen LogP contribution in [0.3, 0.4) is 0 Å². The predicted octanol–water partition coefficient (Wildman–Crippen LogP) is 4.55. The molecule has 0 atom stereocenters. The number of carbonyl (C=O) groups is 1. The Morgan fingerprint density at radius 3 is 2.04 bits per heavy atom. The van der Waals surface area contributed by atoms with Gasteiger partial charge in [-0.15, -0.1) is 0 Å². The van der Waals surface area contributed by atoms with Crippen LogP contribution in [0.25, 0.3) is 5.57 Å². The summed E-state index contributed by atoms with van der Waals surface area (Å²) in [5.41, 5.74) is 3.98. The number of hydrogen-bond donors (Lipinski definition) is 0. The molecule has 2 aromatic carbocycles. The van der Waals surface area contributed by atoms with Gasteiger partial charge in [-0.25, -0.2) is 4.79 Å². The molecule has 2 aromatic rings. The van der Waals surface area contributed by atoms with E-state index in [-0.39, 0.29) is 6.09 Å². The van der Waals surface area contributed by atoms with Gasteiger partial charge in [0.05, 0.1) is 5.70 Å². The van der Waals surface area contributed by atoms with Crippen LogP contribution in [-0.2, 0) is 4.74 Å². The van der Waals surface area contributed by atoms with E-state index in [0.717, 1.165) is 38.2 Å². The van der Waals surface area contributed by atoms with E-state index < -0.39 is 5.60 Å². The molecule has 1 amide bonds. The third-order valence-electron chi connectivity index (χ3n) is 5.87. The van der Waals surface area contributed by atoms with Gasteiger partial charge in [0.2, 0.25) is 0 Å². The topological polar surface area (TPSA) is 32.8 Å². The van der Waals surface area contributed by atoms with E-state index in [2.05, 4.69) is 66.1 Å². The molecule has 2 saturated heterocycles. The molecule has 0 saturated carbocycles. The first kappa shape index (κ1) is 18.5. The number of carbonyl (C=O) groups excluding carboxylic acids is 1. The summed E-state index contributed by atoms with van der Waals surface area (Å²) in [4.78, 5) is 15.8. The summed E-state index contributed by atoms with van der Waals surface area (Å²) in [5, 5.41) is 0. The largest absolute Gasteiger partial charge is 0.436 e. The van der Waals surface area contributed by atoms with Gasteiger partial charge in [-0.1, -0.05) is 73.3 Å². The van der Waals surface area contributed by atoms with Crippen LogP contribution in [0.15, 0.2) is 79.0 Å². The van der Waals surface area contributed by atoms with E-state index in [4.69, 9.17) is 4.74 Å². The Kier molecular flexibility index (Phi) is 5.05. The molecule has 2 aliphatic heterocycles. The third kappa shape index (κ3) is 3.48. The van der Waals surface area contributed by atoms with Crippen LogP contribution < -0.4 is 0 Å². The van der Waals surface area contributed by atoms with Gasteiger partial charge >= 0.3 is 6.09 Å². The Morgan fingerprint density at radius 2 is 1.57 bits per heavy atom. The average molecular weight is 374 g/mol. The maximum absolute atomic E-state index is 11.9. The van der Waals surface area contributed by atoms with Crippen molar-refractivity contribution in [2.24, 2.45) is 0 Å². The number of benzene rings is 2. The van der Waals surface area contributed by atoms with Crippen LogP contribution in [0, 0.1) is 0 Å². The smallest absolute Gasteiger partial charge is 0.414 e. The molecule has 4 rings (SSSR count). The zero-order valence-electron chi connectivity index (χ0n) is 16.3. The second-order valence-corrected chi connectivity index (χ2v) is 7.52. The molecule has 2 aliphatic rings. The van der Waals surface area contributed by atoms with Crippen molar-refractivity contribution in [2.75, 3.05) is 26.7 Å². The molecule has 0 radical (unpaired) electrons. The molecule has 0 bridgehead atoms. The van der Waals surface area contributed by atoms with Crippen molar-refractivity contribution in [2.45, 2.75) is 18.4 Å². The lowest BCUT2D eigenvalue weighted by Gasteiger charge is -2.37. The normalized spacial score (nSPS) is 19.0. The minimum Gasteiger partial charge on any atom is -0.436 e. The molecule has 0 N–H and O–H groups in total. The van der Waals surface area contributed by atoms with Gasteiger partial charge in [0, 0.05) is 39.5 Å². The Hall–Kier alpha value is -2.85. The first-order valence-corrected chi connectivity index (χ1v) is 9.78. The van der Waals surface area contributed by atoms with Crippen molar-refractivity contribution in [3.05, 3.63) is 90.1 Å². The number of nitrogens with zero attached hydrogens (tertiary/aromatic N) is 2. The van der Waals surface area contributed by atoms with Crippen LogP contribution in [0.1, 0.15) is 24.0 Å². The lowest BCUT2D eigenvalue weighted by molar-refractivity contribution is 0.0176. The fourth-order valence-electron chi connectivity index (χ4n) is 4.06. The van der Waals surface area contributed by atoms with Crippen molar-refractivity contribution < 1.29 is 9.53 Å². The lowest BCUT2D eigenvalue weighted by Crippen LogP contribution is -2.45. The fraction of sp³-hybridized carbons (Fsp3) is 0.292. The Bertz CT molecular complexity index is 840. The monoisotopic (exact) mass is 374 g/mol. The molecule has 4 nitrogen and oxygen atoms in total. The first-order valence-electron chi connectivity index (χ1n) is 9.78. The highest BCUT2D eigenvalue weighted by Gasteiger charge is 2.48. The second kappa shape index (κ2) is 7.64. The zero-order valence-corrected chi connectivity index (χ0v) is 16.3. The molecule has 1 spiro atoms. The first-order chi connectivity index (χ1) is 13.6. The van der Waals surface area contributed by atoms with Crippen molar-refractivity contribution >= 4 is 11.7 Å². The molecular formula is C24H26N2O2. The summed E-state index contributed by atoms with van der Waals surface area (Å²) < 4.78 is 5.67. The predicted molar refractivity (Wildman–Crippen MR) is 112 cm³/mol. The number of likely N-dealkylation sites (tertiary alicyclic amines) is 1. The standard InChI is InChI=1S/C24H26N2O2/c1-19-24(28-23(27)25(19)2)14-17-26(18-15-24)16-13-22(20-9-5-3-6-10-20)21-11-7-4-8-12-21/h3-13H,1,14-18H2,2H3. The van der Waals surface area contributed by atoms with Gasteiger partial charge in [0.15, 0.2) is 5.60 Å². The molecule has 0 unspecified atom stereocenters. The van der Waals surface area contributed by atoms with Crippen LogP contribution in [-0.4, -0.2) is 48.2 Å². The Morgan fingerprint density at radius 1 is 1.04 bits per heavy atom. The molecule has 2 fully saturated rings. The minimum absolute atomic E-state index is 0.284. The highest BCUT2D eigenvalue weighted by Crippen LogP contribution is 2.39. The second-order valence-electron chi connectivity index (χ2n) is 7.52. The molecule has 0 aromatic heterocycles. The summed E-state index contributed by atoms with van der Waals surface area (Å²) in [6.45, 7) is 6.72. The van der Waals surface area contributed by atoms with Crippen molar-refractivity contribution in [1.82, 2.24) is 9.80 Å². The lowest BCUT2D eigenvalue weighted by atomic mass is 9.88. The van der Waals surface area contributed by atoms with Gasteiger partial charge in [-0.05, 0) is 16.7 Å². The van der Waals surface area contributed by atoms with Crippen molar-refractivity contribution in [3.63, 3.8) is 0 Å². The molecular weight excluding hydrogens is 348 g/mol. The molecule has 0 aliphatic carbocycles. The summed E-state index contributed by atoms with van der Waals surface area (Å²) in [6.07, 6.45) is 3.61. The van der Waals surface area contributed by atoms with Gasteiger partial charge in [-0.3, -0.25) is 9.80 Å². The highest BCUT2D eigenvalue weighted by atomic mass is 16.6. The van der Waals surface area contributed by atoms with Crippen molar-refractivity contribution in [1.29, 1.82) is 0 Å². The number of likely N-dealkylation sites (N-methyl/N-ethyl adjacent to an activating group) is 1. The summed E-state index contributed by atoms with van der Waals surface area (Å²) in [7, 11) is 1.74. The molecule has 4 heteroatoms. The highest BCUT2D eigenvalue weighted by molar-refractivity contribution is 5.79. The van der Waals surface area contributed by atoms with Crippen LogP contribution in [0.5, 0.6) is 0 Å².